The normalized spacial score (nSPS) is 12.8. The Morgan fingerprint density at radius 1 is 1.38 bits per heavy atom. The lowest BCUT2D eigenvalue weighted by Crippen LogP contribution is -2.35. The second-order valence-corrected chi connectivity index (χ2v) is 6.69. The minimum absolute atomic E-state index is 0.0461. The van der Waals surface area contributed by atoms with Crippen molar-refractivity contribution in [2.75, 3.05) is 10.2 Å². The first-order valence-corrected chi connectivity index (χ1v) is 8.32. The molecule has 3 N–H and O–H groups in total. The Balaban J connectivity index is 2.17. The lowest BCUT2D eigenvalue weighted by molar-refractivity contribution is 0.0703. The molecule has 0 spiro atoms. The average molecular weight is 387 g/mol. The van der Waals surface area contributed by atoms with E-state index in [0.29, 0.717) is 0 Å². The van der Waals surface area contributed by atoms with Crippen LogP contribution in [0.1, 0.15) is 15.2 Å². The van der Waals surface area contributed by atoms with E-state index >= 15 is 0 Å². The van der Waals surface area contributed by atoms with Gasteiger partial charge in [-0.05, 0) is 12.1 Å². The Morgan fingerprint density at radius 2 is 2.12 bits per heavy atom. The van der Waals surface area contributed by atoms with Gasteiger partial charge < -0.3 is 15.5 Å². The Hall–Kier alpha value is -3.35. The minimum atomic E-state index is -1.25. The fourth-order valence-electron chi connectivity index (χ4n) is 2.82. The van der Waals surface area contributed by atoms with E-state index in [-0.39, 0.29) is 42.7 Å². The molecule has 8 nitrogen and oxygen atoms in total. The molecule has 1 aliphatic heterocycles. The van der Waals surface area contributed by atoms with Crippen LogP contribution in [-0.2, 0) is 0 Å². The molecule has 1 aromatic carbocycles. The second kappa shape index (κ2) is 5.59. The molecule has 3 heterocycles. The van der Waals surface area contributed by atoms with Crippen LogP contribution in [0.5, 0.6) is 5.88 Å². The molecule has 128 valence electrons. The van der Waals surface area contributed by atoms with Gasteiger partial charge in [0.2, 0.25) is 5.88 Å². The predicted octanol–water partition coefficient (Wildman–Crippen LogP) is 3.91. The molecule has 4 rings (SSSR count). The Bertz CT molecular complexity index is 1170. The van der Waals surface area contributed by atoms with Crippen molar-refractivity contribution in [3.8, 4) is 11.9 Å². The number of carboxylic acids is 1. The summed E-state index contributed by atoms with van der Waals surface area (Å²) in [5.41, 5.74) is 0.127. The zero-order valence-electron chi connectivity index (χ0n) is 12.6. The zero-order chi connectivity index (χ0) is 18.6. The molecule has 0 unspecified atom stereocenters. The molecule has 0 radical (unpaired) electrons. The standard InChI is InChI=1S/C16H7ClN4O4S/c17-7-3-1-2-4-8(7)21-11-6(5-18)13(22)20-14-9(11)10(19-16(21)25)12(26-14)15(23)24/h1-4H,(H,19,25)(H,20,22)(H,23,24). The highest BCUT2D eigenvalue weighted by Crippen LogP contribution is 2.50. The average Bonchev–Trinajstić information content (AvgIpc) is 2.95. The van der Waals surface area contributed by atoms with Gasteiger partial charge >= 0.3 is 12.0 Å². The van der Waals surface area contributed by atoms with Crippen LogP contribution in [0, 0.1) is 11.3 Å². The Morgan fingerprint density at radius 3 is 2.77 bits per heavy atom. The summed E-state index contributed by atoms with van der Waals surface area (Å²) in [7, 11) is 0. The Kier molecular flexibility index (Phi) is 3.47. The number of hydrogen-bond acceptors (Lipinski definition) is 6. The molecule has 2 aromatic heterocycles. The van der Waals surface area contributed by atoms with Crippen molar-refractivity contribution < 1.29 is 19.8 Å². The van der Waals surface area contributed by atoms with Gasteiger partial charge in [-0.15, -0.1) is 11.3 Å². The van der Waals surface area contributed by atoms with Gasteiger partial charge in [-0.25, -0.2) is 14.6 Å². The summed E-state index contributed by atoms with van der Waals surface area (Å²) < 4.78 is 0. The maximum atomic E-state index is 12.8. The van der Waals surface area contributed by atoms with Gasteiger partial charge in [-0.1, -0.05) is 23.7 Å². The molecule has 0 bridgehead atoms. The van der Waals surface area contributed by atoms with E-state index in [4.69, 9.17) is 11.6 Å². The maximum absolute atomic E-state index is 12.8. The van der Waals surface area contributed by atoms with Crippen molar-refractivity contribution in [3.63, 3.8) is 0 Å². The van der Waals surface area contributed by atoms with Crippen molar-refractivity contribution in [1.82, 2.24) is 4.98 Å². The lowest BCUT2D eigenvalue weighted by Gasteiger charge is -2.29. The number of nitrogens with one attached hydrogen (secondary N) is 1. The number of hydrogen-bond donors (Lipinski definition) is 3. The molecule has 1 aliphatic rings. The second-order valence-electron chi connectivity index (χ2n) is 5.28. The van der Waals surface area contributed by atoms with Crippen LogP contribution in [0.4, 0.5) is 21.9 Å². The number of nitriles is 1. The SMILES string of the molecule is N#Cc1c(O)nc2sc(C(=O)O)c3c2c1N(c1ccccc1Cl)C(=O)N3. The molecule has 0 aliphatic carbocycles. The number of para-hydroxylation sites is 1. The van der Waals surface area contributed by atoms with Crippen molar-refractivity contribution in [1.29, 1.82) is 5.26 Å². The third kappa shape index (κ3) is 2.10. The van der Waals surface area contributed by atoms with Crippen LogP contribution < -0.4 is 10.2 Å². The summed E-state index contributed by atoms with van der Waals surface area (Å²) in [6, 6.07) is 7.60. The number of carbonyl (C=O) groups is 2. The number of nitrogens with zero attached hydrogens (tertiary/aromatic N) is 3. The molecule has 2 amide bonds. The number of benzene rings is 1. The molecular weight excluding hydrogens is 380 g/mol. The smallest absolute Gasteiger partial charge is 0.348 e. The molecular formula is C16H7ClN4O4S. The van der Waals surface area contributed by atoms with Gasteiger partial charge in [0.25, 0.3) is 0 Å². The van der Waals surface area contributed by atoms with Gasteiger partial charge in [-0.2, -0.15) is 5.26 Å². The van der Waals surface area contributed by atoms with E-state index in [1.54, 1.807) is 24.3 Å². The molecule has 0 saturated heterocycles. The van der Waals surface area contributed by atoms with E-state index in [2.05, 4.69) is 10.3 Å². The maximum Gasteiger partial charge on any atom is 0.348 e. The van der Waals surface area contributed by atoms with Gasteiger partial charge in [-0.3, -0.25) is 4.90 Å². The van der Waals surface area contributed by atoms with Crippen molar-refractivity contribution in [3.05, 3.63) is 39.7 Å². The fourth-order valence-corrected chi connectivity index (χ4v) is 4.01. The van der Waals surface area contributed by atoms with Crippen LogP contribution in [0.25, 0.3) is 10.2 Å². The van der Waals surface area contributed by atoms with Crippen LogP contribution in [0.3, 0.4) is 0 Å². The summed E-state index contributed by atoms with van der Waals surface area (Å²) in [4.78, 5) is 29.3. The third-order valence-corrected chi connectivity index (χ3v) is 5.24. The predicted molar refractivity (Wildman–Crippen MR) is 95.6 cm³/mol. The van der Waals surface area contributed by atoms with Crippen LogP contribution in [0.2, 0.25) is 5.02 Å². The fraction of sp³-hybridized carbons (Fsp3) is 0. The molecule has 0 fully saturated rings. The zero-order valence-corrected chi connectivity index (χ0v) is 14.2. The summed E-state index contributed by atoms with van der Waals surface area (Å²) in [6.45, 7) is 0. The third-order valence-electron chi connectivity index (χ3n) is 3.85. The van der Waals surface area contributed by atoms with Gasteiger partial charge in [0.15, 0.2) is 0 Å². The number of pyridine rings is 1. The first-order chi connectivity index (χ1) is 12.4. The quantitative estimate of drug-likeness (QED) is 0.612. The monoisotopic (exact) mass is 386 g/mol. The number of anilines is 3. The topological polar surface area (TPSA) is 127 Å². The number of amides is 2. The highest BCUT2D eigenvalue weighted by Gasteiger charge is 2.36. The number of carboxylic acid groups (broad SMARTS) is 1. The summed E-state index contributed by atoms with van der Waals surface area (Å²) >= 11 is 6.99. The first-order valence-electron chi connectivity index (χ1n) is 7.12. The number of aromatic carboxylic acids is 1. The summed E-state index contributed by atoms with van der Waals surface area (Å²) in [5, 5.41) is 32.1. The van der Waals surface area contributed by atoms with Gasteiger partial charge in [0, 0.05) is 0 Å². The number of urea groups is 1. The summed E-state index contributed by atoms with van der Waals surface area (Å²) in [5.74, 6) is -1.84. The minimum Gasteiger partial charge on any atom is -0.492 e. The molecule has 0 atom stereocenters. The molecule has 10 heteroatoms. The van der Waals surface area contributed by atoms with Crippen LogP contribution in [-0.4, -0.2) is 27.2 Å². The number of thiophene rings is 1. The number of aromatic nitrogens is 1. The highest BCUT2D eigenvalue weighted by molar-refractivity contribution is 7.21. The van der Waals surface area contributed by atoms with E-state index in [1.165, 1.54) is 0 Å². The van der Waals surface area contributed by atoms with E-state index in [1.807, 2.05) is 6.07 Å². The number of aromatic hydroxyl groups is 1. The van der Waals surface area contributed by atoms with E-state index in [0.717, 1.165) is 16.2 Å². The Labute approximate surface area is 154 Å². The highest BCUT2D eigenvalue weighted by atomic mass is 35.5. The first kappa shape index (κ1) is 16.1. The van der Waals surface area contributed by atoms with E-state index < -0.39 is 17.9 Å². The molecule has 3 aromatic rings. The number of carbonyl (C=O) groups excluding carboxylic acids is 1. The van der Waals surface area contributed by atoms with E-state index in [9.17, 15) is 25.1 Å². The van der Waals surface area contributed by atoms with Crippen molar-refractivity contribution in [2.24, 2.45) is 0 Å². The van der Waals surface area contributed by atoms with Crippen molar-refractivity contribution in [2.45, 2.75) is 0 Å². The summed E-state index contributed by atoms with van der Waals surface area (Å²) in [6.07, 6.45) is 0. The number of rotatable bonds is 2. The van der Waals surface area contributed by atoms with Gasteiger partial charge in [0.05, 0.1) is 27.5 Å². The lowest BCUT2D eigenvalue weighted by atomic mass is 10.1. The van der Waals surface area contributed by atoms with Crippen LogP contribution in [0.15, 0.2) is 24.3 Å². The van der Waals surface area contributed by atoms with Gasteiger partial charge in [0.1, 0.15) is 21.3 Å². The van der Waals surface area contributed by atoms with Crippen molar-refractivity contribution >= 4 is 62.2 Å². The largest absolute Gasteiger partial charge is 0.492 e. The number of halogens is 1. The molecule has 0 saturated carbocycles. The molecule has 26 heavy (non-hydrogen) atoms. The van der Waals surface area contributed by atoms with Crippen LogP contribution >= 0.6 is 22.9 Å².